The van der Waals surface area contributed by atoms with Gasteiger partial charge in [-0.3, -0.25) is 14.4 Å². The maximum Gasteiger partial charge on any atom is 0.309 e. The lowest BCUT2D eigenvalue weighted by molar-refractivity contribution is -0.190. The van der Waals surface area contributed by atoms with E-state index in [0.717, 1.165) is 44.9 Å². The van der Waals surface area contributed by atoms with E-state index in [-0.39, 0.29) is 34.3 Å². The van der Waals surface area contributed by atoms with Crippen LogP contribution in [0.4, 0.5) is 0 Å². The van der Waals surface area contributed by atoms with Crippen molar-refractivity contribution in [1.82, 2.24) is 0 Å². The van der Waals surface area contributed by atoms with Crippen LogP contribution in [0, 0.1) is 40.4 Å². The number of Topliss-reactive ketones (excluding diaryl/α,β-unsaturated/α-hetero) is 1. The van der Waals surface area contributed by atoms with Gasteiger partial charge in [0.05, 0.1) is 5.92 Å². The number of rotatable bonds is 3. The number of ketones is 2. The fourth-order valence-corrected chi connectivity index (χ4v) is 8.37. The topological polar surface area (TPSA) is 60.4 Å². The first-order valence-electron chi connectivity index (χ1n) is 12.1. The van der Waals surface area contributed by atoms with Gasteiger partial charge >= 0.3 is 5.97 Å². The molecule has 5 rings (SSSR count). The molecule has 0 aromatic rings. The van der Waals surface area contributed by atoms with Gasteiger partial charge in [-0.15, -0.1) is 0 Å². The second-order valence-corrected chi connectivity index (χ2v) is 11.6. The predicted octanol–water partition coefficient (Wildman–Crippen LogP) is 5.05. The molecular formula is C26H36O4. The largest absolute Gasteiger partial charge is 0.450 e. The number of hydrogen-bond acceptors (Lipinski definition) is 4. The highest BCUT2D eigenvalue weighted by Crippen LogP contribution is 2.69. The van der Waals surface area contributed by atoms with Gasteiger partial charge in [0.15, 0.2) is 17.2 Å². The minimum atomic E-state index is -0.939. The zero-order valence-corrected chi connectivity index (χ0v) is 19.0. The molecule has 0 aromatic heterocycles. The van der Waals surface area contributed by atoms with Crippen LogP contribution in [-0.2, 0) is 19.1 Å². The molecule has 0 heterocycles. The number of carbonyl (C=O) groups excluding carboxylic acids is 3. The van der Waals surface area contributed by atoms with Gasteiger partial charge in [-0.05, 0) is 93.5 Å². The number of esters is 1. The van der Waals surface area contributed by atoms with Crippen molar-refractivity contribution in [3.8, 4) is 0 Å². The first-order valence-corrected chi connectivity index (χ1v) is 12.1. The van der Waals surface area contributed by atoms with E-state index < -0.39 is 5.60 Å². The molecule has 5 aliphatic rings. The summed E-state index contributed by atoms with van der Waals surface area (Å²) in [5.74, 6) is 2.11. The highest BCUT2D eigenvalue weighted by molar-refractivity contribution is 5.92. The third-order valence-electron chi connectivity index (χ3n) is 10.2. The molecule has 4 nitrogen and oxygen atoms in total. The Hall–Kier alpha value is -1.45. The third-order valence-corrected chi connectivity index (χ3v) is 10.2. The highest BCUT2D eigenvalue weighted by atomic mass is 16.6. The molecule has 164 valence electrons. The SMILES string of the molecule is CC(=O)C1(OC(=O)C2CC2)CCC2[C@@H]3C[C@H](C)C4=CC(=O)CC[C@]4(C)C3CC[C@@]21C. The van der Waals surface area contributed by atoms with Gasteiger partial charge in [-0.25, -0.2) is 0 Å². The van der Waals surface area contributed by atoms with Crippen molar-refractivity contribution in [1.29, 1.82) is 0 Å². The molecule has 4 heteroatoms. The second kappa shape index (κ2) is 6.53. The molecule has 4 saturated carbocycles. The van der Waals surface area contributed by atoms with E-state index >= 15 is 0 Å². The van der Waals surface area contributed by atoms with Crippen molar-refractivity contribution in [3.63, 3.8) is 0 Å². The van der Waals surface area contributed by atoms with Gasteiger partial charge in [-0.1, -0.05) is 26.3 Å². The molecule has 0 aromatic carbocycles. The van der Waals surface area contributed by atoms with Crippen LogP contribution >= 0.6 is 0 Å². The first-order chi connectivity index (χ1) is 14.1. The third kappa shape index (κ3) is 2.61. The molecular weight excluding hydrogens is 376 g/mol. The molecule has 0 saturated heterocycles. The monoisotopic (exact) mass is 412 g/mol. The summed E-state index contributed by atoms with van der Waals surface area (Å²) < 4.78 is 6.16. The number of allylic oxidation sites excluding steroid dienone is 1. The van der Waals surface area contributed by atoms with E-state index in [9.17, 15) is 14.4 Å². The van der Waals surface area contributed by atoms with E-state index in [4.69, 9.17) is 4.74 Å². The van der Waals surface area contributed by atoms with E-state index in [2.05, 4.69) is 20.8 Å². The Balaban J connectivity index is 1.50. The lowest BCUT2D eigenvalue weighted by Crippen LogP contribution is -2.59. The fourth-order valence-electron chi connectivity index (χ4n) is 8.37. The molecule has 0 aliphatic heterocycles. The standard InChI is InChI=1S/C26H36O4/c1-15-13-19-20(24(3)10-7-18(28)14-22(15)24)8-11-25(4)21(19)9-12-26(25,16(2)27)30-23(29)17-5-6-17/h14-15,17,19-21H,5-13H2,1-4H3/t15-,19+,20?,21?,24+,25-,26?/m0/s1. The summed E-state index contributed by atoms with van der Waals surface area (Å²) in [6.45, 7) is 8.55. The average Bonchev–Trinajstić information content (AvgIpc) is 3.48. The van der Waals surface area contributed by atoms with Gasteiger partial charge in [0, 0.05) is 11.8 Å². The molecule has 0 bridgehead atoms. The number of carbonyl (C=O) groups is 3. The summed E-state index contributed by atoms with van der Waals surface area (Å²) in [4.78, 5) is 37.9. The van der Waals surface area contributed by atoms with Crippen molar-refractivity contribution >= 4 is 17.5 Å². The van der Waals surface area contributed by atoms with Gasteiger partial charge in [0.1, 0.15) is 0 Å². The quantitative estimate of drug-likeness (QED) is 0.609. The summed E-state index contributed by atoms with van der Waals surface area (Å²) in [5.41, 5.74) is 0.265. The van der Waals surface area contributed by atoms with Crippen molar-refractivity contribution in [2.24, 2.45) is 40.4 Å². The lowest BCUT2D eigenvalue weighted by atomic mass is 9.44. The first kappa shape index (κ1) is 20.5. The highest BCUT2D eigenvalue weighted by Gasteiger charge is 2.68. The number of fused-ring (bicyclic) bond motifs is 5. The van der Waals surface area contributed by atoms with Gasteiger partial charge in [0.25, 0.3) is 0 Å². The summed E-state index contributed by atoms with van der Waals surface area (Å²) in [7, 11) is 0. The summed E-state index contributed by atoms with van der Waals surface area (Å²) >= 11 is 0. The van der Waals surface area contributed by atoms with Gasteiger partial charge < -0.3 is 4.74 Å². The Morgan fingerprint density at radius 3 is 2.40 bits per heavy atom. The molecule has 7 atom stereocenters. The van der Waals surface area contributed by atoms with Crippen LogP contribution in [0.25, 0.3) is 0 Å². The zero-order valence-electron chi connectivity index (χ0n) is 19.0. The molecule has 3 unspecified atom stereocenters. The Morgan fingerprint density at radius 1 is 1.03 bits per heavy atom. The summed E-state index contributed by atoms with van der Waals surface area (Å²) in [6.07, 6.45) is 10.1. The molecule has 0 amide bonds. The van der Waals surface area contributed by atoms with Crippen molar-refractivity contribution < 1.29 is 19.1 Å². The van der Waals surface area contributed by atoms with Crippen LogP contribution in [0.5, 0.6) is 0 Å². The maximum absolute atomic E-state index is 13.0. The molecule has 0 radical (unpaired) electrons. The minimum Gasteiger partial charge on any atom is -0.450 e. The van der Waals surface area contributed by atoms with Crippen molar-refractivity contribution in [2.75, 3.05) is 0 Å². The molecule has 5 aliphatic carbocycles. The van der Waals surface area contributed by atoms with E-state index in [1.54, 1.807) is 6.92 Å². The summed E-state index contributed by atoms with van der Waals surface area (Å²) in [6, 6.07) is 0. The molecule has 30 heavy (non-hydrogen) atoms. The minimum absolute atomic E-state index is 0.0151. The predicted molar refractivity (Wildman–Crippen MR) is 113 cm³/mol. The number of ether oxygens (including phenoxy) is 1. The van der Waals surface area contributed by atoms with Crippen LogP contribution in [-0.4, -0.2) is 23.1 Å². The van der Waals surface area contributed by atoms with E-state index in [0.29, 0.717) is 36.5 Å². The van der Waals surface area contributed by atoms with E-state index in [1.165, 1.54) is 5.57 Å². The Labute approximate surface area is 180 Å². The normalized spacial score (nSPS) is 47.6. The molecule has 0 spiro atoms. The molecule has 0 N–H and O–H groups in total. The number of hydrogen-bond donors (Lipinski definition) is 0. The van der Waals surface area contributed by atoms with Crippen LogP contribution in [0.15, 0.2) is 11.6 Å². The van der Waals surface area contributed by atoms with Crippen molar-refractivity contribution in [3.05, 3.63) is 11.6 Å². The Bertz CT molecular complexity index is 838. The lowest BCUT2D eigenvalue weighted by Gasteiger charge is -2.60. The Morgan fingerprint density at radius 2 is 1.73 bits per heavy atom. The summed E-state index contributed by atoms with van der Waals surface area (Å²) in [5, 5.41) is 0. The van der Waals surface area contributed by atoms with Crippen LogP contribution in [0.2, 0.25) is 0 Å². The van der Waals surface area contributed by atoms with E-state index in [1.807, 2.05) is 6.08 Å². The molecule has 4 fully saturated rings. The second-order valence-electron chi connectivity index (χ2n) is 11.6. The average molecular weight is 413 g/mol. The van der Waals surface area contributed by atoms with Crippen LogP contribution in [0.1, 0.15) is 85.5 Å². The maximum atomic E-state index is 13.0. The van der Waals surface area contributed by atoms with Gasteiger partial charge in [0.2, 0.25) is 0 Å². The Kier molecular flexibility index (Phi) is 4.45. The van der Waals surface area contributed by atoms with Gasteiger partial charge in [-0.2, -0.15) is 0 Å². The van der Waals surface area contributed by atoms with Crippen LogP contribution < -0.4 is 0 Å². The van der Waals surface area contributed by atoms with Crippen molar-refractivity contribution in [2.45, 2.75) is 91.1 Å². The fraction of sp³-hybridized carbons (Fsp3) is 0.808. The zero-order chi connectivity index (χ0) is 21.5. The van der Waals surface area contributed by atoms with Crippen LogP contribution in [0.3, 0.4) is 0 Å². The smallest absolute Gasteiger partial charge is 0.309 e.